The van der Waals surface area contributed by atoms with Gasteiger partial charge in [-0.3, -0.25) is 4.79 Å². The monoisotopic (exact) mass is 317 g/mol. The first-order valence-electron chi connectivity index (χ1n) is 6.70. The van der Waals surface area contributed by atoms with Crippen molar-refractivity contribution in [1.82, 2.24) is 5.32 Å². The van der Waals surface area contributed by atoms with Crippen LogP contribution in [0.4, 0.5) is 0 Å². The number of carbonyl (C=O) groups excluding carboxylic acids is 1. The fourth-order valence-corrected chi connectivity index (χ4v) is 2.81. The van der Waals surface area contributed by atoms with Crippen LogP contribution < -0.4 is 10.2 Å². The van der Waals surface area contributed by atoms with Crippen molar-refractivity contribution in [3.05, 3.63) is 33.8 Å². The minimum Gasteiger partial charge on any atom is -0.355 e. The number of nitrogens with one attached hydrogen (secondary N) is 2. The van der Waals surface area contributed by atoms with Gasteiger partial charge in [-0.15, -0.1) is 0 Å². The second kappa shape index (κ2) is 7.30. The normalized spacial score (nSPS) is 11.8. The first-order valence-corrected chi connectivity index (χ1v) is 7.45. The molecule has 0 heterocycles. The molecule has 0 aliphatic carbocycles. The summed E-state index contributed by atoms with van der Waals surface area (Å²) < 4.78 is 0. The van der Waals surface area contributed by atoms with E-state index in [2.05, 4.69) is 33.3 Å². The maximum Gasteiger partial charge on any atom is 0.224 e. The van der Waals surface area contributed by atoms with Crippen molar-refractivity contribution in [2.75, 3.05) is 27.2 Å². The predicted octanol–water partition coefficient (Wildman–Crippen LogP) is 1.82. The number of halogens is 2. The highest BCUT2D eigenvalue weighted by atomic mass is 35.5. The molecular formula is C15H23Cl2N2O+. The van der Waals surface area contributed by atoms with Gasteiger partial charge in [-0.2, -0.15) is 0 Å². The lowest BCUT2D eigenvalue weighted by Crippen LogP contribution is -3.07. The number of hydrogen-bond donors (Lipinski definition) is 2. The van der Waals surface area contributed by atoms with E-state index in [-0.39, 0.29) is 17.7 Å². The van der Waals surface area contributed by atoms with Crippen LogP contribution in [-0.2, 0) is 11.2 Å². The van der Waals surface area contributed by atoms with Crippen LogP contribution in [0.25, 0.3) is 0 Å². The quantitative estimate of drug-likeness (QED) is 0.824. The summed E-state index contributed by atoms with van der Waals surface area (Å²) in [5.74, 6) is -0.0539. The van der Waals surface area contributed by atoms with E-state index in [0.29, 0.717) is 22.2 Å². The first-order chi connectivity index (χ1) is 9.21. The summed E-state index contributed by atoms with van der Waals surface area (Å²) in [5, 5.41) is 4.03. The molecule has 0 aliphatic rings. The summed E-state index contributed by atoms with van der Waals surface area (Å²) in [7, 11) is 4.21. The van der Waals surface area contributed by atoms with E-state index in [0.717, 1.165) is 6.54 Å². The minimum absolute atomic E-state index is 0.0539. The third-order valence-corrected chi connectivity index (χ3v) is 3.70. The number of quaternary nitrogens is 1. The van der Waals surface area contributed by atoms with E-state index in [1.165, 1.54) is 4.90 Å². The van der Waals surface area contributed by atoms with Crippen molar-refractivity contribution < 1.29 is 9.69 Å². The highest BCUT2D eigenvalue weighted by Gasteiger charge is 2.22. The molecule has 0 saturated heterocycles. The van der Waals surface area contributed by atoms with Gasteiger partial charge in [0, 0.05) is 22.0 Å². The van der Waals surface area contributed by atoms with Crippen LogP contribution >= 0.6 is 23.2 Å². The zero-order valence-corrected chi connectivity index (χ0v) is 14.0. The van der Waals surface area contributed by atoms with Crippen LogP contribution in [0.5, 0.6) is 0 Å². The minimum atomic E-state index is -0.0539. The van der Waals surface area contributed by atoms with Gasteiger partial charge < -0.3 is 10.2 Å². The summed E-state index contributed by atoms with van der Waals surface area (Å²) >= 11 is 12.1. The number of rotatable bonds is 6. The molecular weight excluding hydrogens is 295 g/mol. The molecule has 1 rings (SSSR count). The Balaban J connectivity index is 2.56. The second-order valence-corrected chi connectivity index (χ2v) is 7.02. The fourth-order valence-electron chi connectivity index (χ4n) is 2.28. The first kappa shape index (κ1) is 17.3. The van der Waals surface area contributed by atoms with E-state index in [1.54, 1.807) is 18.2 Å². The van der Waals surface area contributed by atoms with Crippen LogP contribution in [0.3, 0.4) is 0 Å². The Kier molecular flexibility index (Phi) is 6.31. The van der Waals surface area contributed by atoms with Gasteiger partial charge in [0.05, 0.1) is 27.1 Å². The lowest BCUT2D eigenvalue weighted by atomic mass is 9.93. The molecule has 0 radical (unpaired) electrons. The number of carbonyl (C=O) groups is 1. The molecule has 0 spiro atoms. The smallest absolute Gasteiger partial charge is 0.224 e. The number of benzene rings is 1. The van der Waals surface area contributed by atoms with Crippen molar-refractivity contribution in [2.24, 2.45) is 5.41 Å². The van der Waals surface area contributed by atoms with E-state index in [9.17, 15) is 4.79 Å². The van der Waals surface area contributed by atoms with Crippen molar-refractivity contribution in [3.63, 3.8) is 0 Å². The Morgan fingerprint density at radius 2 is 1.80 bits per heavy atom. The molecule has 0 unspecified atom stereocenters. The van der Waals surface area contributed by atoms with Gasteiger partial charge in [0.15, 0.2) is 0 Å². The van der Waals surface area contributed by atoms with E-state index < -0.39 is 0 Å². The van der Waals surface area contributed by atoms with Gasteiger partial charge in [-0.1, -0.05) is 43.1 Å². The van der Waals surface area contributed by atoms with Crippen LogP contribution in [0.1, 0.15) is 19.4 Å². The molecule has 0 aliphatic heterocycles. The fraction of sp³-hybridized carbons (Fsp3) is 0.533. The van der Waals surface area contributed by atoms with Gasteiger partial charge in [0.2, 0.25) is 5.91 Å². The van der Waals surface area contributed by atoms with Gasteiger partial charge in [0.1, 0.15) is 0 Å². The molecule has 0 bridgehead atoms. The Bertz CT molecular complexity index is 453. The molecule has 1 amide bonds. The van der Waals surface area contributed by atoms with Crippen LogP contribution in [-0.4, -0.2) is 33.1 Å². The van der Waals surface area contributed by atoms with Crippen LogP contribution in [0.2, 0.25) is 10.0 Å². The molecule has 2 N–H and O–H groups in total. The highest BCUT2D eigenvalue weighted by molar-refractivity contribution is 6.36. The molecule has 0 fully saturated rings. The zero-order valence-electron chi connectivity index (χ0n) is 12.5. The summed E-state index contributed by atoms with van der Waals surface area (Å²) in [6.45, 7) is 5.91. The third-order valence-electron chi connectivity index (χ3n) is 3.00. The average molecular weight is 318 g/mol. The SMILES string of the molecule is C[NH+](C)CC(C)(C)CNC(=O)Cc1c(Cl)cccc1Cl. The van der Waals surface area contributed by atoms with Gasteiger partial charge in [-0.05, 0) is 17.7 Å². The predicted molar refractivity (Wildman–Crippen MR) is 84.6 cm³/mol. The van der Waals surface area contributed by atoms with Crippen LogP contribution in [0, 0.1) is 5.41 Å². The Morgan fingerprint density at radius 3 is 2.30 bits per heavy atom. The van der Waals surface area contributed by atoms with Gasteiger partial charge >= 0.3 is 0 Å². The topological polar surface area (TPSA) is 33.5 Å². The van der Waals surface area contributed by atoms with Crippen LogP contribution in [0.15, 0.2) is 18.2 Å². The summed E-state index contributed by atoms with van der Waals surface area (Å²) in [5.41, 5.74) is 0.739. The van der Waals surface area contributed by atoms with Crippen molar-refractivity contribution in [1.29, 1.82) is 0 Å². The zero-order chi connectivity index (χ0) is 15.3. The van der Waals surface area contributed by atoms with Gasteiger partial charge in [0.25, 0.3) is 0 Å². The summed E-state index contributed by atoms with van der Waals surface area (Å²) in [4.78, 5) is 13.4. The van der Waals surface area contributed by atoms with E-state index in [4.69, 9.17) is 23.2 Å². The average Bonchev–Trinajstić information content (AvgIpc) is 2.30. The van der Waals surface area contributed by atoms with Crippen molar-refractivity contribution >= 4 is 29.1 Å². The maximum atomic E-state index is 12.0. The number of hydrogen-bond acceptors (Lipinski definition) is 1. The maximum absolute atomic E-state index is 12.0. The molecule has 0 saturated carbocycles. The molecule has 1 aromatic carbocycles. The standard InChI is InChI=1S/C15H22Cl2N2O/c1-15(2,10-19(3)4)9-18-14(20)8-11-12(16)6-5-7-13(11)17/h5-7H,8-10H2,1-4H3,(H,18,20)/p+1. The van der Waals surface area contributed by atoms with E-state index in [1.807, 2.05) is 0 Å². The molecule has 3 nitrogen and oxygen atoms in total. The highest BCUT2D eigenvalue weighted by Crippen LogP contribution is 2.24. The molecule has 20 heavy (non-hydrogen) atoms. The summed E-state index contributed by atoms with van der Waals surface area (Å²) in [6, 6.07) is 5.26. The Morgan fingerprint density at radius 1 is 1.25 bits per heavy atom. The molecule has 0 atom stereocenters. The van der Waals surface area contributed by atoms with Gasteiger partial charge in [-0.25, -0.2) is 0 Å². The van der Waals surface area contributed by atoms with E-state index >= 15 is 0 Å². The second-order valence-electron chi connectivity index (χ2n) is 6.20. The Hall–Kier alpha value is -0.770. The van der Waals surface area contributed by atoms with Crippen molar-refractivity contribution in [3.8, 4) is 0 Å². The lowest BCUT2D eigenvalue weighted by molar-refractivity contribution is -0.865. The molecule has 1 aromatic rings. The molecule has 0 aromatic heterocycles. The summed E-state index contributed by atoms with van der Waals surface area (Å²) in [6.07, 6.45) is 0.212. The molecule has 5 heteroatoms. The number of amides is 1. The largest absolute Gasteiger partial charge is 0.355 e. The van der Waals surface area contributed by atoms with Crippen molar-refractivity contribution in [2.45, 2.75) is 20.3 Å². The Labute approximate surface area is 131 Å². The lowest BCUT2D eigenvalue weighted by Gasteiger charge is -2.26. The molecule has 112 valence electrons. The third kappa shape index (κ3) is 5.70.